The Bertz CT molecular complexity index is 160. The summed E-state index contributed by atoms with van der Waals surface area (Å²) in [5.74, 6) is 0. The van der Waals surface area contributed by atoms with Gasteiger partial charge in [-0.15, -0.1) is 0 Å². The van der Waals surface area contributed by atoms with Gasteiger partial charge in [0.15, 0.2) is 0 Å². The number of hydrogen-bond donors (Lipinski definition) is 1. The Morgan fingerprint density at radius 3 is 2.17 bits per heavy atom. The highest BCUT2D eigenvalue weighted by Crippen LogP contribution is 2.05. The standard InChI is InChI=1S/C6H15NO4Si/c1-7(6(8)9)5-12(4,10-2)11-3/h5H2,1-4H3,(H,8,9). The van der Waals surface area contributed by atoms with Crippen molar-refractivity contribution < 1.29 is 18.8 Å². The van der Waals surface area contributed by atoms with Crippen LogP contribution in [0.2, 0.25) is 6.55 Å². The molecule has 0 unspecified atom stereocenters. The number of rotatable bonds is 4. The van der Waals surface area contributed by atoms with Crippen LogP contribution in [0.4, 0.5) is 4.79 Å². The summed E-state index contributed by atoms with van der Waals surface area (Å²) >= 11 is 0. The van der Waals surface area contributed by atoms with E-state index in [1.54, 1.807) is 0 Å². The first-order valence-corrected chi connectivity index (χ1v) is 6.02. The van der Waals surface area contributed by atoms with Gasteiger partial charge in [-0.3, -0.25) is 0 Å². The molecule has 0 bridgehead atoms. The summed E-state index contributed by atoms with van der Waals surface area (Å²) in [6.45, 7) is 1.81. The molecule has 12 heavy (non-hydrogen) atoms. The highest BCUT2D eigenvalue weighted by molar-refractivity contribution is 6.66. The first kappa shape index (κ1) is 11.4. The van der Waals surface area contributed by atoms with Crippen LogP contribution in [0.25, 0.3) is 0 Å². The van der Waals surface area contributed by atoms with Gasteiger partial charge in [0, 0.05) is 21.3 Å². The fourth-order valence-corrected chi connectivity index (χ4v) is 2.13. The molecule has 0 aromatic carbocycles. The van der Waals surface area contributed by atoms with E-state index in [4.69, 9.17) is 14.0 Å². The van der Waals surface area contributed by atoms with E-state index >= 15 is 0 Å². The van der Waals surface area contributed by atoms with E-state index in [0.29, 0.717) is 6.17 Å². The fourth-order valence-electron chi connectivity index (χ4n) is 0.711. The summed E-state index contributed by atoms with van der Waals surface area (Å²) in [4.78, 5) is 11.6. The van der Waals surface area contributed by atoms with Gasteiger partial charge in [0.25, 0.3) is 0 Å². The van der Waals surface area contributed by atoms with Gasteiger partial charge >= 0.3 is 14.7 Å². The van der Waals surface area contributed by atoms with E-state index in [0.717, 1.165) is 0 Å². The second-order valence-corrected chi connectivity index (χ2v) is 6.08. The second kappa shape index (κ2) is 4.44. The van der Waals surface area contributed by atoms with Crippen molar-refractivity contribution in [1.82, 2.24) is 4.90 Å². The molecule has 0 heterocycles. The molecule has 72 valence electrons. The van der Waals surface area contributed by atoms with E-state index in [9.17, 15) is 4.79 Å². The third-order valence-electron chi connectivity index (χ3n) is 1.71. The van der Waals surface area contributed by atoms with Crippen LogP contribution in [-0.4, -0.2) is 52.1 Å². The van der Waals surface area contributed by atoms with Gasteiger partial charge in [0.1, 0.15) is 0 Å². The molecular formula is C6H15NO4Si. The lowest BCUT2D eigenvalue weighted by molar-refractivity contribution is 0.152. The monoisotopic (exact) mass is 193 g/mol. The molecule has 0 saturated carbocycles. The van der Waals surface area contributed by atoms with Crippen LogP contribution in [0.5, 0.6) is 0 Å². The molecule has 1 N–H and O–H groups in total. The summed E-state index contributed by atoms with van der Waals surface area (Å²) in [6.07, 6.45) is -0.655. The van der Waals surface area contributed by atoms with Crippen LogP contribution in [-0.2, 0) is 8.85 Å². The molecule has 0 rings (SSSR count). The van der Waals surface area contributed by atoms with Gasteiger partial charge in [-0.05, 0) is 6.55 Å². The van der Waals surface area contributed by atoms with Crippen LogP contribution in [0.15, 0.2) is 0 Å². The molecular weight excluding hydrogens is 178 g/mol. The molecule has 0 radical (unpaired) electrons. The first-order chi connectivity index (χ1) is 5.45. The molecule has 0 atom stereocenters. The van der Waals surface area contributed by atoms with E-state index in [1.165, 1.54) is 26.2 Å². The predicted octanol–water partition coefficient (Wildman–Crippen LogP) is 0.500. The lowest BCUT2D eigenvalue weighted by Crippen LogP contribution is -2.49. The average molecular weight is 193 g/mol. The van der Waals surface area contributed by atoms with Crippen molar-refractivity contribution in [2.75, 3.05) is 27.4 Å². The first-order valence-electron chi connectivity index (χ1n) is 3.49. The lowest BCUT2D eigenvalue weighted by atomic mass is 10.9. The third-order valence-corrected chi connectivity index (χ3v) is 4.49. The van der Waals surface area contributed by atoms with Crippen LogP contribution >= 0.6 is 0 Å². The predicted molar refractivity (Wildman–Crippen MR) is 46.3 cm³/mol. The van der Waals surface area contributed by atoms with Gasteiger partial charge in [-0.1, -0.05) is 0 Å². The maximum Gasteiger partial charge on any atom is 0.406 e. The molecule has 0 aliphatic carbocycles. The molecule has 0 aliphatic rings. The maximum atomic E-state index is 10.4. The summed E-state index contributed by atoms with van der Waals surface area (Å²) in [5, 5.41) is 8.57. The molecule has 0 aromatic heterocycles. The zero-order valence-electron chi connectivity index (χ0n) is 7.83. The van der Waals surface area contributed by atoms with E-state index < -0.39 is 14.7 Å². The Labute approximate surface area is 73.1 Å². The fraction of sp³-hybridized carbons (Fsp3) is 0.833. The SMILES string of the molecule is CO[Si](C)(CN(C)C(=O)O)OC. The topological polar surface area (TPSA) is 59.0 Å². The van der Waals surface area contributed by atoms with Gasteiger partial charge < -0.3 is 18.9 Å². The summed E-state index contributed by atoms with van der Waals surface area (Å²) in [5.41, 5.74) is 0. The van der Waals surface area contributed by atoms with Crippen molar-refractivity contribution in [3.05, 3.63) is 0 Å². The Kier molecular flexibility index (Phi) is 4.22. The smallest absolute Gasteiger partial charge is 0.406 e. The summed E-state index contributed by atoms with van der Waals surface area (Å²) < 4.78 is 10.2. The van der Waals surface area contributed by atoms with E-state index in [2.05, 4.69) is 0 Å². The van der Waals surface area contributed by atoms with Crippen molar-refractivity contribution in [3.63, 3.8) is 0 Å². The van der Waals surface area contributed by atoms with Crippen molar-refractivity contribution in [1.29, 1.82) is 0 Å². The molecule has 1 amide bonds. The number of carboxylic acid groups (broad SMARTS) is 1. The number of amides is 1. The number of hydrogen-bond acceptors (Lipinski definition) is 3. The largest absolute Gasteiger partial charge is 0.465 e. The van der Waals surface area contributed by atoms with Gasteiger partial charge in [0.2, 0.25) is 0 Å². The van der Waals surface area contributed by atoms with Gasteiger partial charge in [0.05, 0.1) is 6.17 Å². The van der Waals surface area contributed by atoms with E-state index in [1.807, 2.05) is 6.55 Å². The lowest BCUT2D eigenvalue weighted by Gasteiger charge is -2.26. The zero-order valence-corrected chi connectivity index (χ0v) is 8.83. The second-order valence-electron chi connectivity index (χ2n) is 2.68. The van der Waals surface area contributed by atoms with Crippen LogP contribution in [0, 0.1) is 0 Å². The molecule has 0 fully saturated rings. The van der Waals surface area contributed by atoms with Gasteiger partial charge in [-0.2, -0.15) is 0 Å². The van der Waals surface area contributed by atoms with Crippen molar-refractivity contribution in [2.24, 2.45) is 0 Å². The summed E-state index contributed by atoms with van der Waals surface area (Å²) in [7, 11) is 2.28. The quantitative estimate of drug-likeness (QED) is 0.660. The average Bonchev–Trinajstić information content (AvgIpc) is 2.04. The van der Waals surface area contributed by atoms with Crippen LogP contribution in [0.1, 0.15) is 0 Å². The minimum atomic E-state index is -2.28. The Morgan fingerprint density at radius 2 is 1.92 bits per heavy atom. The third kappa shape index (κ3) is 3.20. The van der Waals surface area contributed by atoms with Gasteiger partial charge in [-0.25, -0.2) is 4.79 Å². The Hall–Kier alpha value is -0.593. The minimum absolute atomic E-state index is 0.315. The Balaban J connectivity index is 4.11. The van der Waals surface area contributed by atoms with Crippen LogP contribution in [0.3, 0.4) is 0 Å². The molecule has 0 aromatic rings. The zero-order chi connectivity index (χ0) is 9.78. The summed E-state index contributed by atoms with van der Waals surface area (Å²) in [6, 6.07) is 0. The van der Waals surface area contributed by atoms with Crippen LogP contribution < -0.4 is 0 Å². The molecule has 0 saturated heterocycles. The Morgan fingerprint density at radius 1 is 1.50 bits per heavy atom. The van der Waals surface area contributed by atoms with Crippen molar-refractivity contribution in [2.45, 2.75) is 6.55 Å². The van der Waals surface area contributed by atoms with Crippen molar-refractivity contribution >= 4 is 14.7 Å². The molecule has 0 aliphatic heterocycles. The number of carbonyl (C=O) groups is 1. The molecule has 5 nitrogen and oxygen atoms in total. The molecule has 0 spiro atoms. The normalized spacial score (nSPS) is 11.3. The van der Waals surface area contributed by atoms with Crippen molar-refractivity contribution in [3.8, 4) is 0 Å². The number of nitrogens with zero attached hydrogens (tertiary/aromatic N) is 1. The molecule has 6 heteroatoms. The van der Waals surface area contributed by atoms with E-state index in [-0.39, 0.29) is 0 Å². The maximum absolute atomic E-state index is 10.4. The highest BCUT2D eigenvalue weighted by Gasteiger charge is 2.32. The minimum Gasteiger partial charge on any atom is -0.465 e. The highest BCUT2D eigenvalue weighted by atomic mass is 28.4.